The van der Waals surface area contributed by atoms with Crippen LogP contribution < -0.4 is 10.5 Å². The molecule has 0 unspecified atom stereocenters. The number of nitrogens with one attached hydrogen (secondary N) is 1. The van der Waals surface area contributed by atoms with Gasteiger partial charge < -0.3 is 10.1 Å². The van der Waals surface area contributed by atoms with Gasteiger partial charge in [0.05, 0.1) is 16.5 Å². The molecule has 0 fully saturated rings. The molecule has 3 N–H and O–H groups in total. The van der Waals surface area contributed by atoms with Crippen molar-refractivity contribution in [3.63, 3.8) is 0 Å². The first-order chi connectivity index (χ1) is 12.6. The van der Waals surface area contributed by atoms with E-state index in [4.69, 9.17) is 21.5 Å². The molecule has 1 amide bonds. The lowest BCUT2D eigenvalue weighted by molar-refractivity contribution is -0.124. The third-order valence-electron chi connectivity index (χ3n) is 3.57. The van der Waals surface area contributed by atoms with E-state index < -0.39 is 40.4 Å². The molecule has 10 heteroatoms. The SMILES string of the molecule is C[C@H](NC(=O)COC(=O)c1cc(Cl)ccc1F)c1ccc(S(N)(=O)=O)cc1. The van der Waals surface area contributed by atoms with Gasteiger partial charge in [-0.25, -0.2) is 22.7 Å². The summed E-state index contributed by atoms with van der Waals surface area (Å²) in [4.78, 5) is 23.7. The maximum absolute atomic E-state index is 13.6. The molecule has 0 saturated carbocycles. The monoisotopic (exact) mass is 414 g/mol. The summed E-state index contributed by atoms with van der Waals surface area (Å²) in [5.74, 6) is -2.45. The molecule has 0 aliphatic carbocycles. The minimum Gasteiger partial charge on any atom is -0.452 e. The van der Waals surface area contributed by atoms with Crippen molar-refractivity contribution in [1.82, 2.24) is 5.32 Å². The summed E-state index contributed by atoms with van der Waals surface area (Å²) >= 11 is 5.70. The molecular weight excluding hydrogens is 399 g/mol. The second-order valence-electron chi connectivity index (χ2n) is 5.60. The first-order valence-electron chi connectivity index (χ1n) is 7.62. The van der Waals surface area contributed by atoms with Crippen LogP contribution in [0.4, 0.5) is 4.39 Å². The third-order valence-corrected chi connectivity index (χ3v) is 4.73. The van der Waals surface area contributed by atoms with Crippen molar-refractivity contribution in [3.8, 4) is 0 Å². The second-order valence-corrected chi connectivity index (χ2v) is 7.60. The number of carbonyl (C=O) groups is 2. The minimum atomic E-state index is -3.80. The Balaban J connectivity index is 1.93. The molecule has 0 aromatic heterocycles. The van der Waals surface area contributed by atoms with Crippen molar-refractivity contribution in [3.05, 3.63) is 64.4 Å². The lowest BCUT2D eigenvalue weighted by Gasteiger charge is -2.15. The predicted octanol–water partition coefficient (Wildman–Crippen LogP) is 2.16. The highest BCUT2D eigenvalue weighted by Crippen LogP contribution is 2.17. The quantitative estimate of drug-likeness (QED) is 0.703. The summed E-state index contributed by atoms with van der Waals surface area (Å²) < 4.78 is 40.8. The van der Waals surface area contributed by atoms with Crippen molar-refractivity contribution in [2.75, 3.05) is 6.61 Å². The summed E-state index contributed by atoms with van der Waals surface area (Å²) in [6.07, 6.45) is 0. The van der Waals surface area contributed by atoms with Gasteiger partial charge in [-0.2, -0.15) is 0 Å². The zero-order valence-electron chi connectivity index (χ0n) is 14.1. The van der Waals surface area contributed by atoms with E-state index in [0.717, 1.165) is 12.1 Å². The number of halogens is 2. The molecule has 144 valence electrons. The normalized spacial score (nSPS) is 12.3. The van der Waals surface area contributed by atoms with Crippen molar-refractivity contribution in [1.29, 1.82) is 0 Å². The fraction of sp³-hybridized carbons (Fsp3) is 0.176. The van der Waals surface area contributed by atoms with E-state index in [-0.39, 0.29) is 15.5 Å². The molecule has 27 heavy (non-hydrogen) atoms. The van der Waals surface area contributed by atoms with Crippen molar-refractivity contribution in [2.45, 2.75) is 17.9 Å². The molecule has 0 radical (unpaired) electrons. The molecule has 0 aliphatic rings. The molecule has 2 rings (SSSR count). The van der Waals surface area contributed by atoms with E-state index in [1.807, 2.05) is 0 Å². The van der Waals surface area contributed by atoms with Crippen LogP contribution in [0.3, 0.4) is 0 Å². The number of benzene rings is 2. The zero-order chi connectivity index (χ0) is 20.2. The number of hydrogen-bond acceptors (Lipinski definition) is 5. The Hall–Kier alpha value is -2.49. The number of primary sulfonamides is 1. The predicted molar refractivity (Wildman–Crippen MR) is 96.1 cm³/mol. The number of nitrogens with two attached hydrogens (primary N) is 1. The number of sulfonamides is 1. The van der Waals surface area contributed by atoms with Gasteiger partial charge in [0, 0.05) is 5.02 Å². The largest absolute Gasteiger partial charge is 0.452 e. The molecule has 0 aliphatic heterocycles. The Morgan fingerprint density at radius 1 is 1.22 bits per heavy atom. The van der Waals surface area contributed by atoms with Crippen LogP contribution in [0, 0.1) is 5.82 Å². The molecule has 7 nitrogen and oxygen atoms in total. The van der Waals surface area contributed by atoms with Crippen LogP contribution in [0.25, 0.3) is 0 Å². The smallest absolute Gasteiger partial charge is 0.341 e. The first kappa shape index (κ1) is 20.8. The van der Waals surface area contributed by atoms with Gasteiger partial charge in [-0.1, -0.05) is 23.7 Å². The maximum Gasteiger partial charge on any atom is 0.341 e. The number of amides is 1. The van der Waals surface area contributed by atoms with Crippen LogP contribution in [0.5, 0.6) is 0 Å². The van der Waals surface area contributed by atoms with E-state index in [0.29, 0.717) is 5.56 Å². The number of carbonyl (C=O) groups excluding carboxylic acids is 2. The Morgan fingerprint density at radius 2 is 1.85 bits per heavy atom. The van der Waals surface area contributed by atoms with Crippen LogP contribution in [0.15, 0.2) is 47.4 Å². The van der Waals surface area contributed by atoms with E-state index in [1.54, 1.807) is 6.92 Å². The number of hydrogen-bond donors (Lipinski definition) is 2. The summed E-state index contributed by atoms with van der Waals surface area (Å²) in [6, 6.07) is 8.54. The Kier molecular flexibility index (Phi) is 6.53. The highest BCUT2D eigenvalue weighted by Gasteiger charge is 2.17. The summed E-state index contributed by atoms with van der Waals surface area (Å²) in [6.45, 7) is 1.03. The van der Waals surface area contributed by atoms with E-state index >= 15 is 0 Å². The average molecular weight is 415 g/mol. The number of esters is 1. The fourth-order valence-corrected chi connectivity index (χ4v) is 2.86. The van der Waals surface area contributed by atoms with Gasteiger partial charge >= 0.3 is 5.97 Å². The summed E-state index contributed by atoms with van der Waals surface area (Å²) in [7, 11) is -3.80. The van der Waals surface area contributed by atoms with Crippen LogP contribution >= 0.6 is 11.6 Å². The van der Waals surface area contributed by atoms with Gasteiger partial charge in [-0.3, -0.25) is 4.79 Å². The van der Waals surface area contributed by atoms with Gasteiger partial charge in [0.25, 0.3) is 5.91 Å². The maximum atomic E-state index is 13.6. The van der Waals surface area contributed by atoms with E-state index in [1.165, 1.54) is 30.3 Å². The Labute approximate surface area is 160 Å². The lowest BCUT2D eigenvalue weighted by atomic mass is 10.1. The van der Waals surface area contributed by atoms with E-state index in [2.05, 4.69) is 5.32 Å². The Morgan fingerprint density at radius 3 is 2.44 bits per heavy atom. The molecule has 0 saturated heterocycles. The standard InChI is InChI=1S/C17H16ClFN2O5S/c1-10(11-2-5-13(6-3-11)27(20,24)25)21-16(22)9-26-17(23)14-8-12(18)4-7-15(14)19/h2-8,10H,9H2,1H3,(H,21,22)(H2,20,24,25)/t10-/m0/s1. The number of ether oxygens (including phenoxy) is 1. The van der Waals surface area contributed by atoms with Crippen LogP contribution in [0.2, 0.25) is 5.02 Å². The fourth-order valence-electron chi connectivity index (χ4n) is 2.18. The molecule has 0 heterocycles. The highest BCUT2D eigenvalue weighted by atomic mass is 35.5. The van der Waals surface area contributed by atoms with Crippen molar-refractivity contribution < 1.29 is 27.1 Å². The van der Waals surface area contributed by atoms with Gasteiger partial charge in [-0.15, -0.1) is 0 Å². The zero-order valence-corrected chi connectivity index (χ0v) is 15.7. The van der Waals surface area contributed by atoms with Crippen LogP contribution in [0.1, 0.15) is 28.9 Å². The second kappa shape index (κ2) is 8.47. The molecule has 2 aromatic carbocycles. The van der Waals surface area contributed by atoms with Crippen molar-refractivity contribution in [2.24, 2.45) is 5.14 Å². The van der Waals surface area contributed by atoms with Crippen LogP contribution in [-0.4, -0.2) is 26.9 Å². The lowest BCUT2D eigenvalue weighted by Crippen LogP contribution is -2.31. The minimum absolute atomic E-state index is 0.0535. The summed E-state index contributed by atoms with van der Waals surface area (Å²) in [5.41, 5.74) is 0.241. The van der Waals surface area contributed by atoms with Gasteiger partial charge in [0.15, 0.2) is 6.61 Å². The molecule has 0 bridgehead atoms. The topological polar surface area (TPSA) is 116 Å². The van der Waals surface area contributed by atoms with Gasteiger partial charge in [-0.05, 0) is 42.8 Å². The van der Waals surface area contributed by atoms with Gasteiger partial charge in [0.2, 0.25) is 10.0 Å². The highest BCUT2D eigenvalue weighted by molar-refractivity contribution is 7.89. The van der Waals surface area contributed by atoms with Crippen molar-refractivity contribution >= 4 is 33.5 Å². The van der Waals surface area contributed by atoms with Gasteiger partial charge in [0.1, 0.15) is 5.82 Å². The molecule has 0 spiro atoms. The summed E-state index contributed by atoms with van der Waals surface area (Å²) in [5, 5.41) is 7.75. The molecule has 1 atom stereocenters. The number of rotatable bonds is 6. The Bertz CT molecular complexity index is 964. The first-order valence-corrected chi connectivity index (χ1v) is 9.54. The van der Waals surface area contributed by atoms with Crippen LogP contribution in [-0.2, 0) is 19.6 Å². The van der Waals surface area contributed by atoms with E-state index in [9.17, 15) is 22.4 Å². The average Bonchev–Trinajstić information content (AvgIpc) is 2.61. The third kappa shape index (κ3) is 5.75. The molecular formula is C17H16ClFN2O5S. The molecule has 2 aromatic rings.